The Balaban J connectivity index is 2.41. The molecule has 0 amide bonds. The van der Waals surface area contributed by atoms with Gasteiger partial charge in [-0.1, -0.05) is 23.4 Å². The van der Waals surface area contributed by atoms with Crippen LogP contribution in [0.3, 0.4) is 0 Å². The Morgan fingerprint density at radius 2 is 1.95 bits per heavy atom. The summed E-state index contributed by atoms with van der Waals surface area (Å²) in [5.74, 6) is -0.896. The van der Waals surface area contributed by atoms with Gasteiger partial charge in [-0.2, -0.15) is 0 Å². The quantitative estimate of drug-likeness (QED) is 0.740. The molecule has 0 fully saturated rings. The predicted molar refractivity (Wildman–Crippen MR) is 81.5 cm³/mol. The van der Waals surface area contributed by atoms with Crippen molar-refractivity contribution in [2.75, 3.05) is 0 Å². The molecule has 0 unspecified atom stereocenters. The standard InChI is InChI=1S/C14H14ClN3O3S/c1-8(19)9(2)22-14-17-16-13(18(14)7-12(20)21)10-3-5-11(15)6-4-10/h3-6,9H,7H2,1-2H3,(H,20,21)/p-1/t9-/m0/s1. The minimum atomic E-state index is -1.26. The summed E-state index contributed by atoms with van der Waals surface area (Å²) in [6.45, 7) is 2.81. The van der Waals surface area contributed by atoms with Crippen molar-refractivity contribution < 1.29 is 14.7 Å². The molecule has 0 N–H and O–H groups in total. The molecule has 22 heavy (non-hydrogen) atoms. The molecule has 1 aromatic carbocycles. The number of nitrogens with zero attached hydrogens (tertiary/aromatic N) is 3. The molecule has 1 atom stereocenters. The second kappa shape index (κ2) is 6.93. The van der Waals surface area contributed by atoms with E-state index in [2.05, 4.69) is 10.2 Å². The molecule has 116 valence electrons. The zero-order valence-corrected chi connectivity index (χ0v) is 13.5. The number of aromatic nitrogens is 3. The van der Waals surface area contributed by atoms with Crippen LogP contribution in [0.2, 0.25) is 5.02 Å². The number of aliphatic carboxylic acids is 1. The Bertz CT molecular complexity index is 700. The molecule has 0 bridgehead atoms. The Hall–Kier alpha value is -1.86. The Kier molecular flexibility index (Phi) is 5.20. The average molecular weight is 339 g/mol. The second-order valence-electron chi connectivity index (χ2n) is 4.64. The zero-order chi connectivity index (χ0) is 16.3. The summed E-state index contributed by atoms with van der Waals surface area (Å²) in [6, 6.07) is 6.81. The first kappa shape index (κ1) is 16.5. The van der Waals surface area contributed by atoms with Gasteiger partial charge in [-0.15, -0.1) is 10.2 Å². The number of hydrogen-bond acceptors (Lipinski definition) is 6. The van der Waals surface area contributed by atoms with E-state index in [-0.39, 0.29) is 11.0 Å². The van der Waals surface area contributed by atoms with Crippen LogP contribution >= 0.6 is 23.4 Å². The summed E-state index contributed by atoms with van der Waals surface area (Å²) < 4.78 is 1.42. The molecular weight excluding hydrogens is 326 g/mol. The predicted octanol–water partition coefficient (Wildman–Crippen LogP) is 1.42. The van der Waals surface area contributed by atoms with Crippen LogP contribution in [-0.2, 0) is 16.1 Å². The Morgan fingerprint density at radius 1 is 1.32 bits per heavy atom. The normalized spacial score (nSPS) is 12.1. The number of thioether (sulfide) groups is 1. The van der Waals surface area contributed by atoms with E-state index in [1.54, 1.807) is 31.2 Å². The van der Waals surface area contributed by atoms with Gasteiger partial charge in [0.25, 0.3) is 0 Å². The van der Waals surface area contributed by atoms with E-state index in [0.717, 1.165) is 11.8 Å². The Labute approximate surface area is 136 Å². The van der Waals surface area contributed by atoms with Crippen molar-refractivity contribution in [3.63, 3.8) is 0 Å². The van der Waals surface area contributed by atoms with E-state index in [1.165, 1.54) is 11.5 Å². The maximum atomic E-state index is 11.4. The van der Waals surface area contributed by atoms with Gasteiger partial charge in [-0.3, -0.25) is 9.36 Å². The van der Waals surface area contributed by atoms with E-state index >= 15 is 0 Å². The number of ketones is 1. The van der Waals surface area contributed by atoms with E-state index in [1.807, 2.05) is 0 Å². The molecule has 0 saturated heterocycles. The summed E-state index contributed by atoms with van der Waals surface area (Å²) in [5, 5.41) is 19.6. The fourth-order valence-electron chi connectivity index (χ4n) is 1.70. The lowest BCUT2D eigenvalue weighted by atomic mass is 10.2. The first-order valence-electron chi connectivity index (χ1n) is 6.44. The molecule has 2 rings (SSSR count). The van der Waals surface area contributed by atoms with E-state index in [4.69, 9.17) is 11.6 Å². The van der Waals surface area contributed by atoms with Crippen LogP contribution in [-0.4, -0.2) is 31.8 Å². The van der Waals surface area contributed by atoms with Gasteiger partial charge in [0.1, 0.15) is 5.78 Å². The molecule has 0 saturated carbocycles. The first-order valence-corrected chi connectivity index (χ1v) is 7.70. The van der Waals surface area contributed by atoms with Crippen molar-refractivity contribution >= 4 is 35.1 Å². The first-order chi connectivity index (χ1) is 10.4. The Morgan fingerprint density at radius 3 is 2.50 bits per heavy atom. The maximum absolute atomic E-state index is 11.4. The second-order valence-corrected chi connectivity index (χ2v) is 6.39. The fourth-order valence-corrected chi connectivity index (χ4v) is 2.68. The van der Waals surface area contributed by atoms with Gasteiger partial charge in [-0.25, -0.2) is 0 Å². The molecule has 6 nitrogen and oxygen atoms in total. The van der Waals surface area contributed by atoms with Crippen molar-refractivity contribution in [3.8, 4) is 11.4 Å². The van der Waals surface area contributed by atoms with Crippen molar-refractivity contribution in [2.45, 2.75) is 30.8 Å². The average Bonchev–Trinajstić information content (AvgIpc) is 2.82. The molecule has 0 spiro atoms. The fraction of sp³-hybridized carbons (Fsp3) is 0.286. The molecule has 0 radical (unpaired) electrons. The lowest BCUT2D eigenvalue weighted by molar-refractivity contribution is -0.306. The van der Waals surface area contributed by atoms with Gasteiger partial charge in [0.2, 0.25) is 0 Å². The molecule has 1 aromatic heterocycles. The molecule has 8 heteroatoms. The highest BCUT2D eigenvalue weighted by Gasteiger charge is 2.18. The van der Waals surface area contributed by atoms with Crippen molar-refractivity contribution in [2.24, 2.45) is 0 Å². The van der Waals surface area contributed by atoms with E-state index in [0.29, 0.717) is 21.6 Å². The summed E-state index contributed by atoms with van der Waals surface area (Å²) >= 11 is 7.01. The van der Waals surface area contributed by atoms with Gasteiger partial charge < -0.3 is 9.90 Å². The SMILES string of the molecule is CC(=O)[C@H](C)Sc1nnc(-c2ccc(Cl)cc2)n1CC(=O)[O-]. The van der Waals surface area contributed by atoms with E-state index < -0.39 is 12.5 Å². The largest absolute Gasteiger partial charge is 0.548 e. The third kappa shape index (κ3) is 3.86. The lowest BCUT2D eigenvalue weighted by Crippen LogP contribution is -2.28. The van der Waals surface area contributed by atoms with Gasteiger partial charge in [-0.05, 0) is 38.1 Å². The van der Waals surface area contributed by atoms with Crippen LogP contribution in [0.5, 0.6) is 0 Å². The molecular formula is C14H13ClN3O3S-. The smallest absolute Gasteiger partial charge is 0.192 e. The van der Waals surface area contributed by atoms with Crippen molar-refractivity contribution in [1.82, 2.24) is 14.8 Å². The maximum Gasteiger partial charge on any atom is 0.192 e. The summed E-state index contributed by atoms with van der Waals surface area (Å²) in [5.41, 5.74) is 0.681. The van der Waals surface area contributed by atoms with Crippen LogP contribution < -0.4 is 5.11 Å². The molecule has 0 aliphatic carbocycles. The highest BCUT2D eigenvalue weighted by molar-refractivity contribution is 8.00. The van der Waals surface area contributed by atoms with Crippen LogP contribution in [0.15, 0.2) is 29.4 Å². The topological polar surface area (TPSA) is 87.9 Å². The van der Waals surface area contributed by atoms with Crippen molar-refractivity contribution in [3.05, 3.63) is 29.3 Å². The van der Waals surface area contributed by atoms with Crippen LogP contribution in [0.25, 0.3) is 11.4 Å². The number of carbonyl (C=O) groups excluding carboxylic acids is 2. The number of rotatable bonds is 6. The summed E-state index contributed by atoms with van der Waals surface area (Å²) in [4.78, 5) is 22.4. The van der Waals surface area contributed by atoms with Crippen LogP contribution in [0, 0.1) is 0 Å². The number of carbonyl (C=O) groups is 2. The third-order valence-electron chi connectivity index (χ3n) is 2.96. The highest BCUT2D eigenvalue weighted by atomic mass is 35.5. The minimum Gasteiger partial charge on any atom is -0.548 e. The summed E-state index contributed by atoms with van der Waals surface area (Å²) in [7, 11) is 0. The van der Waals surface area contributed by atoms with Gasteiger partial charge in [0.15, 0.2) is 11.0 Å². The monoisotopic (exact) mass is 338 g/mol. The van der Waals surface area contributed by atoms with Crippen molar-refractivity contribution in [1.29, 1.82) is 0 Å². The number of carboxylic acid groups (broad SMARTS) is 1. The molecule has 1 heterocycles. The summed E-state index contributed by atoms with van der Waals surface area (Å²) in [6.07, 6.45) is 0. The molecule has 0 aliphatic rings. The van der Waals surface area contributed by atoms with E-state index in [9.17, 15) is 14.7 Å². The number of Topliss-reactive ketones (excluding diaryl/α,β-unsaturated/α-hetero) is 1. The molecule has 0 aliphatic heterocycles. The lowest BCUT2D eigenvalue weighted by Gasteiger charge is -2.12. The zero-order valence-electron chi connectivity index (χ0n) is 11.9. The number of hydrogen-bond donors (Lipinski definition) is 0. The van der Waals surface area contributed by atoms with Crippen LogP contribution in [0.4, 0.5) is 0 Å². The number of halogens is 1. The van der Waals surface area contributed by atoms with Gasteiger partial charge >= 0.3 is 0 Å². The van der Waals surface area contributed by atoms with Crippen LogP contribution in [0.1, 0.15) is 13.8 Å². The number of carboxylic acids is 1. The number of benzene rings is 1. The minimum absolute atomic E-state index is 0.0268. The third-order valence-corrected chi connectivity index (χ3v) is 4.41. The van der Waals surface area contributed by atoms with Gasteiger partial charge in [0, 0.05) is 10.6 Å². The molecule has 2 aromatic rings. The highest BCUT2D eigenvalue weighted by Crippen LogP contribution is 2.27. The van der Waals surface area contributed by atoms with Gasteiger partial charge in [0.05, 0.1) is 17.8 Å².